The van der Waals surface area contributed by atoms with Crippen molar-refractivity contribution < 1.29 is 9.59 Å². The summed E-state index contributed by atoms with van der Waals surface area (Å²) in [5, 5.41) is 0. The van der Waals surface area contributed by atoms with Crippen LogP contribution in [0.2, 0.25) is 0 Å². The van der Waals surface area contributed by atoms with Crippen LogP contribution < -0.4 is 4.90 Å². The molecule has 6 atom stereocenters. The van der Waals surface area contributed by atoms with Crippen molar-refractivity contribution in [3.05, 3.63) is 41.5 Å². The summed E-state index contributed by atoms with van der Waals surface area (Å²) < 4.78 is 0. The molecule has 0 radical (unpaired) electrons. The summed E-state index contributed by atoms with van der Waals surface area (Å²) in [6, 6.07) is 5.98. The summed E-state index contributed by atoms with van der Waals surface area (Å²) in [6.45, 7) is 4.02. The fourth-order valence-electron chi connectivity index (χ4n) is 5.29. The van der Waals surface area contributed by atoms with Crippen molar-refractivity contribution in [3.63, 3.8) is 0 Å². The van der Waals surface area contributed by atoms with E-state index in [4.69, 9.17) is 0 Å². The highest BCUT2D eigenvalue weighted by atomic mass is 16.2. The molecule has 2 amide bonds. The van der Waals surface area contributed by atoms with E-state index >= 15 is 0 Å². The molecule has 1 saturated heterocycles. The standard InChI is InChI=1S/C19H19NO2/c1-9-5-10(2)7-11(6-9)20-18(21)16-12-3-4-13(15-8-14(12)15)17(16)19(20)22/h3-7,12-17H,8H2,1-2H3/t12-,13-,14-,15+,16+,17+/m0/s1. The van der Waals surface area contributed by atoms with Crippen LogP contribution in [-0.4, -0.2) is 11.8 Å². The Morgan fingerprint density at radius 2 is 1.36 bits per heavy atom. The van der Waals surface area contributed by atoms with Gasteiger partial charge >= 0.3 is 0 Å². The summed E-state index contributed by atoms with van der Waals surface area (Å²) in [5.74, 6) is 1.77. The van der Waals surface area contributed by atoms with E-state index in [0.717, 1.165) is 16.8 Å². The third kappa shape index (κ3) is 1.42. The Kier molecular flexibility index (Phi) is 2.23. The molecule has 0 N–H and O–H groups in total. The first-order valence-electron chi connectivity index (χ1n) is 8.20. The molecule has 0 spiro atoms. The van der Waals surface area contributed by atoms with Crippen molar-refractivity contribution in [3.8, 4) is 0 Å². The number of hydrogen-bond donors (Lipinski definition) is 0. The molecule has 4 aliphatic carbocycles. The first-order valence-corrected chi connectivity index (χ1v) is 8.20. The Morgan fingerprint density at radius 3 is 1.86 bits per heavy atom. The maximum absolute atomic E-state index is 13.0. The van der Waals surface area contributed by atoms with Crippen LogP contribution in [0.4, 0.5) is 5.69 Å². The van der Waals surface area contributed by atoms with Crippen LogP contribution >= 0.6 is 0 Å². The molecule has 22 heavy (non-hydrogen) atoms. The highest BCUT2D eigenvalue weighted by Crippen LogP contribution is 2.65. The Morgan fingerprint density at radius 1 is 0.864 bits per heavy atom. The van der Waals surface area contributed by atoms with E-state index in [9.17, 15) is 9.59 Å². The number of allylic oxidation sites excluding steroid dienone is 2. The summed E-state index contributed by atoms with van der Waals surface area (Å²) in [6.07, 6.45) is 5.64. The van der Waals surface area contributed by atoms with Gasteiger partial charge in [-0.05, 0) is 67.2 Å². The molecule has 6 rings (SSSR count). The quantitative estimate of drug-likeness (QED) is 0.590. The molecule has 3 fully saturated rings. The second-order valence-electron chi connectivity index (χ2n) is 7.51. The average Bonchev–Trinajstić information content (AvgIpc) is 3.23. The van der Waals surface area contributed by atoms with Crippen LogP contribution in [0.15, 0.2) is 30.4 Å². The van der Waals surface area contributed by atoms with Gasteiger partial charge in [0.1, 0.15) is 0 Å². The molecule has 1 aliphatic heterocycles. The summed E-state index contributed by atoms with van der Waals surface area (Å²) in [5.41, 5.74) is 2.94. The van der Waals surface area contributed by atoms with Crippen molar-refractivity contribution >= 4 is 17.5 Å². The van der Waals surface area contributed by atoms with Crippen LogP contribution in [0.25, 0.3) is 0 Å². The first-order chi connectivity index (χ1) is 10.6. The number of anilines is 1. The monoisotopic (exact) mass is 293 g/mol. The van der Waals surface area contributed by atoms with Crippen LogP contribution in [0.5, 0.6) is 0 Å². The van der Waals surface area contributed by atoms with E-state index in [1.807, 2.05) is 26.0 Å². The highest BCUT2D eigenvalue weighted by molar-refractivity contribution is 6.22. The van der Waals surface area contributed by atoms with Crippen molar-refractivity contribution in [2.24, 2.45) is 35.5 Å². The normalized spacial score (nSPS) is 40.9. The van der Waals surface area contributed by atoms with Gasteiger partial charge in [0.15, 0.2) is 0 Å². The van der Waals surface area contributed by atoms with Crippen molar-refractivity contribution in [1.82, 2.24) is 0 Å². The minimum atomic E-state index is -0.105. The lowest BCUT2D eigenvalue weighted by Crippen LogP contribution is -2.40. The Bertz CT molecular complexity index is 694. The van der Waals surface area contributed by atoms with Gasteiger partial charge < -0.3 is 0 Å². The summed E-state index contributed by atoms with van der Waals surface area (Å²) >= 11 is 0. The number of nitrogens with zero attached hydrogens (tertiary/aromatic N) is 1. The fourth-order valence-corrected chi connectivity index (χ4v) is 5.29. The lowest BCUT2D eigenvalue weighted by Gasteiger charge is -2.37. The van der Waals surface area contributed by atoms with Crippen molar-refractivity contribution in [2.45, 2.75) is 20.3 Å². The zero-order valence-corrected chi connectivity index (χ0v) is 12.8. The predicted molar refractivity (Wildman–Crippen MR) is 83.1 cm³/mol. The molecule has 112 valence electrons. The number of carbonyl (C=O) groups is 2. The van der Waals surface area contributed by atoms with E-state index in [1.165, 1.54) is 11.3 Å². The molecule has 2 bridgehead atoms. The minimum absolute atomic E-state index is 0.0321. The number of carbonyl (C=O) groups excluding carboxylic acids is 2. The second kappa shape index (κ2) is 3.89. The van der Waals surface area contributed by atoms with Gasteiger partial charge in [-0.25, -0.2) is 4.90 Å². The van der Waals surface area contributed by atoms with Gasteiger partial charge in [-0.2, -0.15) is 0 Å². The van der Waals surface area contributed by atoms with E-state index < -0.39 is 0 Å². The fraction of sp³-hybridized carbons (Fsp3) is 0.474. The molecule has 3 nitrogen and oxygen atoms in total. The molecule has 0 unspecified atom stereocenters. The Labute approximate surface area is 130 Å². The second-order valence-corrected chi connectivity index (χ2v) is 7.51. The number of rotatable bonds is 1. The zero-order chi connectivity index (χ0) is 15.2. The average molecular weight is 293 g/mol. The van der Waals surface area contributed by atoms with E-state index in [-0.39, 0.29) is 23.7 Å². The van der Waals surface area contributed by atoms with Crippen LogP contribution in [0, 0.1) is 49.4 Å². The number of aryl methyl sites for hydroxylation is 2. The van der Waals surface area contributed by atoms with Crippen molar-refractivity contribution in [2.75, 3.05) is 4.90 Å². The molecule has 1 aromatic rings. The third-order valence-electron chi connectivity index (χ3n) is 6.13. The zero-order valence-electron chi connectivity index (χ0n) is 12.8. The first kappa shape index (κ1) is 12.6. The number of hydrogen-bond acceptors (Lipinski definition) is 2. The molecule has 3 heteroatoms. The topological polar surface area (TPSA) is 37.4 Å². The molecule has 1 heterocycles. The summed E-state index contributed by atoms with van der Waals surface area (Å²) in [4.78, 5) is 27.5. The lowest BCUT2D eigenvalue weighted by molar-refractivity contribution is -0.124. The minimum Gasteiger partial charge on any atom is -0.274 e. The summed E-state index contributed by atoms with van der Waals surface area (Å²) in [7, 11) is 0. The van der Waals surface area contributed by atoms with E-state index in [2.05, 4.69) is 18.2 Å². The van der Waals surface area contributed by atoms with Gasteiger partial charge in [0.25, 0.3) is 0 Å². The van der Waals surface area contributed by atoms with Gasteiger partial charge in [0.05, 0.1) is 17.5 Å². The molecule has 2 saturated carbocycles. The van der Waals surface area contributed by atoms with Gasteiger partial charge in [-0.3, -0.25) is 9.59 Å². The van der Waals surface area contributed by atoms with Gasteiger partial charge in [-0.1, -0.05) is 18.2 Å². The molecule has 1 aromatic carbocycles. The predicted octanol–water partition coefficient (Wildman–Crippen LogP) is 2.86. The number of amides is 2. The molecule has 0 aromatic heterocycles. The van der Waals surface area contributed by atoms with Gasteiger partial charge in [0.2, 0.25) is 11.8 Å². The van der Waals surface area contributed by atoms with Crippen molar-refractivity contribution in [1.29, 1.82) is 0 Å². The van der Waals surface area contributed by atoms with Crippen LogP contribution in [-0.2, 0) is 9.59 Å². The SMILES string of the molecule is Cc1cc(C)cc(N2C(=O)[C@@H]3[C@H]4C=C[C@@H]([C@@H]5C[C@H]45)[C@H]3C2=O)c1. The van der Waals surface area contributed by atoms with E-state index in [0.29, 0.717) is 23.7 Å². The van der Waals surface area contributed by atoms with Crippen LogP contribution in [0.1, 0.15) is 17.5 Å². The number of imide groups is 1. The largest absolute Gasteiger partial charge is 0.274 e. The highest BCUT2D eigenvalue weighted by Gasteiger charge is 2.67. The maximum atomic E-state index is 13.0. The smallest absolute Gasteiger partial charge is 0.238 e. The van der Waals surface area contributed by atoms with Crippen LogP contribution in [0.3, 0.4) is 0 Å². The molecular formula is C19H19NO2. The third-order valence-corrected chi connectivity index (χ3v) is 6.13. The molecular weight excluding hydrogens is 274 g/mol. The number of benzene rings is 1. The Hall–Kier alpha value is -1.90. The van der Waals surface area contributed by atoms with Gasteiger partial charge in [-0.15, -0.1) is 0 Å². The van der Waals surface area contributed by atoms with Gasteiger partial charge in [0, 0.05) is 0 Å². The lowest BCUT2D eigenvalue weighted by atomic mass is 9.63. The van der Waals surface area contributed by atoms with E-state index in [1.54, 1.807) is 0 Å². The Balaban J connectivity index is 1.60. The maximum Gasteiger partial charge on any atom is 0.238 e. The molecule has 5 aliphatic rings.